The normalized spacial score (nSPS) is 18.9. The molecule has 150 valence electrons. The first-order valence-electron chi connectivity index (χ1n) is 9.57. The lowest BCUT2D eigenvalue weighted by molar-refractivity contribution is -0.122. The van der Waals surface area contributed by atoms with Crippen LogP contribution in [0.25, 0.3) is 10.4 Å². The molecule has 3 heterocycles. The van der Waals surface area contributed by atoms with Gasteiger partial charge in [-0.3, -0.25) is 9.59 Å². The van der Waals surface area contributed by atoms with Crippen molar-refractivity contribution in [2.75, 3.05) is 6.54 Å². The van der Waals surface area contributed by atoms with Crippen LogP contribution in [0.15, 0.2) is 47.3 Å². The van der Waals surface area contributed by atoms with E-state index in [1.807, 2.05) is 36.0 Å². The van der Waals surface area contributed by atoms with Crippen molar-refractivity contribution in [1.82, 2.24) is 9.88 Å². The average Bonchev–Trinajstić information content (AvgIpc) is 3.47. The molecular weight excluding hydrogens is 404 g/mol. The Bertz CT molecular complexity index is 996. The Kier molecular flexibility index (Phi) is 5.89. The molecule has 0 spiro atoms. The molecule has 0 unspecified atom stereocenters. The number of hydrogen-bond acceptors (Lipinski definition) is 6. The number of Topliss-reactive ketones (excluding diaryl/α,β-unsaturated/α-hetero) is 1. The summed E-state index contributed by atoms with van der Waals surface area (Å²) in [6, 6.07) is 11.2. The molecule has 1 N–H and O–H groups in total. The largest absolute Gasteiger partial charge is 0.391 e. The lowest BCUT2D eigenvalue weighted by atomic mass is 10.00. The Hall–Kier alpha value is -2.35. The maximum atomic E-state index is 12.8. The monoisotopic (exact) mass is 426 g/mol. The molecule has 2 aromatic heterocycles. The molecule has 1 fully saturated rings. The number of aliphatic hydroxyl groups is 1. The van der Waals surface area contributed by atoms with Crippen LogP contribution in [0.5, 0.6) is 0 Å². The van der Waals surface area contributed by atoms with Gasteiger partial charge in [0.05, 0.1) is 33.1 Å². The van der Waals surface area contributed by atoms with Crippen LogP contribution < -0.4 is 0 Å². The van der Waals surface area contributed by atoms with E-state index in [0.29, 0.717) is 24.1 Å². The first-order chi connectivity index (χ1) is 14.0. The van der Waals surface area contributed by atoms with Gasteiger partial charge in [-0.2, -0.15) is 0 Å². The van der Waals surface area contributed by atoms with Gasteiger partial charge in [0.1, 0.15) is 0 Å². The van der Waals surface area contributed by atoms with E-state index in [9.17, 15) is 14.7 Å². The minimum absolute atomic E-state index is 0.00818. The average molecular weight is 427 g/mol. The summed E-state index contributed by atoms with van der Waals surface area (Å²) in [4.78, 5) is 33.1. The van der Waals surface area contributed by atoms with Crippen LogP contribution in [0.4, 0.5) is 0 Å². The summed E-state index contributed by atoms with van der Waals surface area (Å²) in [6.07, 6.45) is 0.646. The molecule has 0 radical (unpaired) electrons. The topological polar surface area (TPSA) is 70.5 Å². The molecule has 1 aliphatic heterocycles. The van der Waals surface area contributed by atoms with Crippen LogP contribution in [0.1, 0.15) is 33.8 Å². The molecule has 4 rings (SSSR count). The van der Waals surface area contributed by atoms with Crippen molar-refractivity contribution < 1.29 is 14.7 Å². The van der Waals surface area contributed by atoms with E-state index in [0.717, 1.165) is 21.7 Å². The van der Waals surface area contributed by atoms with Crippen LogP contribution in [0, 0.1) is 6.92 Å². The Labute approximate surface area is 177 Å². The molecule has 29 heavy (non-hydrogen) atoms. The summed E-state index contributed by atoms with van der Waals surface area (Å²) in [6.45, 7) is 2.22. The molecule has 1 aliphatic rings. The number of aliphatic hydroxyl groups excluding tert-OH is 1. The number of carbonyl (C=O) groups excluding carboxylic acids is 2. The van der Waals surface area contributed by atoms with E-state index < -0.39 is 12.1 Å². The fourth-order valence-corrected chi connectivity index (χ4v) is 5.21. The number of benzene rings is 1. The number of aromatic nitrogens is 1. The van der Waals surface area contributed by atoms with Gasteiger partial charge in [0.2, 0.25) is 0 Å². The summed E-state index contributed by atoms with van der Waals surface area (Å²) in [7, 11) is 0. The standard InChI is InChI=1S/C22H22N2O3S2/c1-14-21(29-13-23-14)16-7-4-15(5-8-16)6-9-19(26)18-11-17(25)12-24(18)22(27)20-3-2-10-28-20/h2-5,7-8,10,13,17-18,25H,6,9,11-12H2,1H3/t17-,18+/m1/s1. The van der Waals surface area contributed by atoms with Crippen LogP contribution in [0.3, 0.4) is 0 Å². The zero-order chi connectivity index (χ0) is 20.4. The zero-order valence-corrected chi connectivity index (χ0v) is 17.7. The van der Waals surface area contributed by atoms with Crippen molar-refractivity contribution in [2.45, 2.75) is 38.3 Å². The van der Waals surface area contributed by atoms with Crippen molar-refractivity contribution >= 4 is 34.4 Å². The summed E-state index contributed by atoms with van der Waals surface area (Å²) in [5, 5.41) is 11.9. The second-order valence-corrected chi connectivity index (χ2v) is 9.07. The van der Waals surface area contributed by atoms with Gasteiger partial charge >= 0.3 is 0 Å². The summed E-state index contributed by atoms with van der Waals surface area (Å²) in [5.74, 6) is -0.159. The SMILES string of the molecule is Cc1ncsc1-c1ccc(CCC(=O)[C@@H]2C[C@@H](O)CN2C(=O)c2cccs2)cc1. The molecule has 3 aromatic rings. The highest BCUT2D eigenvalue weighted by molar-refractivity contribution is 7.13. The fourth-order valence-electron chi connectivity index (χ4n) is 3.72. The van der Waals surface area contributed by atoms with E-state index >= 15 is 0 Å². The maximum Gasteiger partial charge on any atom is 0.264 e. The summed E-state index contributed by atoms with van der Waals surface area (Å²) < 4.78 is 0. The quantitative estimate of drug-likeness (QED) is 0.648. The van der Waals surface area contributed by atoms with Gasteiger partial charge in [-0.1, -0.05) is 30.3 Å². The smallest absolute Gasteiger partial charge is 0.264 e. The number of β-amino-alcohol motifs (C(OH)–C–C–N with tert-alkyl or cyclic N) is 1. The van der Waals surface area contributed by atoms with Crippen molar-refractivity contribution in [1.29, 1.82) is 0 Å². The van der Waals surface area contributed by atoms with Gasteiger partial charge < -0.3 is 10.0 Å². The number of likely N-dealkylation sites (tertiary alicyclic amines) is 1. The van der Waals surface area contributed by atoms with E-state index in [1.54, 1.807) is 17.4 Å². The Morgan fingerprint density at radius 3 is 2.66 bits per heavy atom. The highest BCUT2D eigenvalue weighted by atomic mass is 32.1. The molecule has 0 bridgehead atoms. The number of aryl methyl sites for hydroxylation is 2. The minimum atomic E-state index is -0.644. The first-order valence-corrected chi connectivity index (χ1v) is 11.3. The second kappa shape index (κ2) is 8.57. The molecule has 5 nitrogen and oxygen atoms in total. The second-order valence-electron chi connectivity index (χ2n) is 7.27. The van der Waals surface area contributed by atoms with Crippen molar-refractivity contribution in [3.8, 4) is 10.4 Å². The Morgan fingerprint density at radius 1 is 1.21 bits per heavy atom. The fraction of sp³-hybridized carbons (Fsp3) is 0.318. The first kappa shape index (κ1) is 19.9. The van der Waals surface area contributed by atoms with E-state index in [-0.39, 0.29) is 18.2 Å². The third-order valence-electron chi connectivity index (χ3n) is 5.27. The van der Waals surface area contributed by atoms with Gasteiger partial charge in [-0.15, -0.1) is 22.7 Å². The lowest BCUT2D eigenvalue weighted by Gasteiger charge is -2.22. The maximum absolute atomic E-state index is 12.8. The molecule has 1 amide bonds. The van der Waals surface area contributed by atoms with Crippen LogP contribution in [-0.4, -0.2) is 45.4 Å². The number of thiophene rings is 1. The molecule has 0 aliphatic carbocycles. The molecule has 7 heteroatoms. The third kappa shape index (κ3) is 4.32. The number of hydrogen-bond donors (Lipinski definition) is 1. The lowest BCUT2D eigenvalue weighted by Crippen LogP contribution is -2.40. The Morgan fingerprint density at radius 2 is 2.00 bits per heavy atom. The van der Waals surface area contributed by atoms with Crippen LogP contribution in [0.2, 0.25) is 0 Å². The van der Waals surface area contributed by atoms with Gasteiger partial charge in [-0.25, -0.2) is 4.98 Å². The van der Waals surface area contributed by atoms with Gasteiger partial charge in [0.25, 0.3) is 5.91 Å². The summed E-state index contributed by atoms with van der Waals surface area (Å²) in [5.41, 5.74) is 5.08. The molecule has 1 saturated heterocycles. The zero-order valence-electron chi connectivity index (χ0n) is 16.1. The number of thiazole rings is 1. The molecular formula is C22H22N2O3S2. The molecule has 2 atom stereocenters. The predicted octanol–water partition coefficient (Wildman–Crippen LogP) is 3.96. The number of ketones is 1. The number of carbonyl (C=O) groups is 2. The van der Waals surface area contributed by atoms with Crippen LogP contribution >= 0.6 is 22.7 Å². The van der Waals surface area contributed by atoms with Crippen LogP contribution in [-0.2, 0) is 11.2 Å². The highest BCUT2D eigenvalue weighted by Crippen LogP contribution is 2.28. The van der Waals surface area contributed by atoms with E-state index in [1.165, 1.54) is 16.2 Å². The van der Waals surface area contributed by atoms with Crippen molar-refractivity contribution in [3.05, 3.63) is 63.4 Å². The number of rotatable bonds is 6. The van der Waals surface area contributed by atoms with Gasteiger partial charge in [-0.05, 0) is 35.9 Å². The van der Waals surface area contributed by atoms with E-state index in [4.69, 9.17) is 0 Å². The molecule has 0 saturated carbocycles. The number of nitrogens with zero attached hydrogens (tertiary/aromatic N) is 2. The van der Waals surface area contributed by atoms with Gasteiger partial charge in [0, 0.05) is 19.4 Å². The minimum Gasteiger partial charge on any atom is -0.391 e. The third-order valence-corrected chi connectivity index (χ3v) is 7.10. The van der Waals surface area contributed by atoms with E-state index in [2.05, 4.69) is 17.1 Å². The van der Waals surface area contributed by atoms with Crippen molar-refractivity contribution in [3.63, 3.8) is 0 Å². The molecule has 1 aromatic carbocycles. The predicted molar refractivity (Wildman–Crippen MR) is 115 cm³/mol. The Balaban J connectivity index is 1.39. The summed E-state index contributed by atoms with van der Waals surface area (Å²) >= 11 is 2.98. The van der Waals surface area contributed by atoms with Crippen molar-refractivity contribution in [2.24, 2.45) is 0 Å². The van der Waals surface area contributed by atoms with Gasteiger partial charge in [0.15, 0.2) is 5.78 Å². The highest BCUT2D eigenvalue weighted by Gasteiger charge is 2.38. The number of amides is 1.